The number of hydrogen-bond donors (Lipinski definition) is 1. The molecule has 1 saturated heterocycles. The summed E-state index contributed by atoms with van der Waals surface area (Å²) in [6.07, 6.45) is 5.87. The average Bonchev–Trinajstić information content (AvgIpc) is 2.89. The predicted octanol–water partition coefficient (Wildman–Crippen LogP) is 1.31. The molecule has 0 bridgehead atoms. The molecule has 0 radical (unpaired) electrons. The van der Waals surface area contributed by atoms with Crippen LogP contribution in [-0.2, 0) is 9.47 Å². The molecule has 0 amide bonds. The Morgan fingerprint density at radius 3 is 2.64 bits per heavy atom. The van der Waals surface area contributed by atoms with E-state index < -0.39 is 0 Å². The van der Waals surface area contributed by atoms with E-state index in [1.807, 2.05) is 0 Å². The molecule has 82 valence electrons. The highest BCUT2D eigenvalue weighted by atomic mass is 16.5. The summed E-state index contributed by atoms with van der Waals surface area (Å²) in [5, 5.41) is 0. The molecule has 0 aromatic carbocycles. The van der Waals surface area contributed by atoms with Crippen molar-refractivity contribution < 1.29 is 9.47 Å². The summed E-state index contributed by atoms with van der Waals surface area (Å²) >= 11 is 0. The van der Waals surface area contributed by atoms with Gasteiger partial charge >= 0.3 is 0 Å². The zero-order valence-electron chi connectivity index (χ0n) is 9.00. The van der Waals surface area contributed by atoms with Gasteiger partial charge in [-0.25, -0.2) is 0 Å². The predicted molar refractivity (Wildman–Crippen MR) is 55.1 cm³/mol. The van der Waals surface area contributed by atoms with Crippen molar-refractivity contribution in [1.29, 1.82) is 0 Å². The van der Waals surface area contributed by atoms with Crippen molar-refractivity contribution in [1.82, 2.24) is 0 Å². The molecule has 3 heteroatoms. The van der Waals surface area contributed by atoms with Crippen LogP contribution in [0, 0.1) is 5.92 Å². The van der Waals surface area contributed by atoms with Gasteiger partial charge in [-0.05, 0) is 19.3 Å². The fourth-order valence-corrected chi connectivity index (χ4v) is 2.91. The van der Waals surface area contributed by atoms with Gasteiger partial charge in [0.05, 0.1) is 12.2 Å². The summed E-state index contributed by atoms with van der Waals surface area (Å²) in [7, 11) is 1.81. The lowest BCUT2D eigenvalue weighted by Crippen LogP contribution is -2.52. The molecule has 1 aliphatic heterocycles. The molecule has 0 aromatic heterocycles. The molecule has 0 aromatic rings. The molecule has 1 heterocycles. The molecular weight excluding hydrogens is 178 g/mol. The third-order valence-corrected chi connectivity index (χ3v) is 3.94. The van der Waals surface area contributed by atoms with Gasteiger partial charge in [-0.2, -0.15) is 0 Å². The Balaban J connectivity index is 2.02. The summed E-state index contributed by atoms with van der Waals surface area (Å²) < 4.78 is 11.1. The van der Waals surface area contributed by atoms with Gasteiger partial charge in [0.15, 0.2) is 0 Å². The molecule has 2 aliphatic rings. The van der Waals surface area contributed by atoms with Crippen molar-refractivity contribution in [2.45, 2.75) is 43.7 Å². The Kier molecular flexibility index (Phi) is 3.10. The summed E-state index contributed by atoms with van der Waals surface area (Å²) in [6, 6.07) is 0.164. The minimum atomic E-state index is -0.0433. The first-order valence-electron chi connectivity index (χ1n) is 5.67. The van der Waals surface area contributed by atoms with Crippen molar-refractivity contribution in [3.63, 3.8) is 0 Å². The highest BCUT2D eigenvalue weighted by Crippen LogP contribution is 2.38. The van der Waals surface area contributed by atoms with Crippen LogP contribution < -0.4 is 5.73 Å². The van der Waals surface area contributed by atoms with E-state index in [2.05, 4.69) is 0 Å². The van der Waals surface area contributed by atoms with Crippen LogP contribution in [-0.4, -0.2) is 32.0 Å². The van der Waals surface area contributed by atoms with Crippen LogP contribution >= 0.6 is 0 Å². The maximum absolute atomic E-state index is 6.32. The van der Waals surface area contributed by atoms with Crippen molar-refractivity contribution >= 4 is 0 Å². The highest BCUT2D eigenvalue weighted by Gasteiger charge is 2.43. The van der Waals surface area contributed by atoms with Crippen molar-refractivity contribution in [2.75, 3.05) is 20.3 Å². The monoisotopic (exact) mass is 199 g/mol. The van der Waals surface area contributed by atoms with E-state index in [4.69, 9.17) is 15.2 Å². The Bertz CT molecular complexity index is 184. The van der Waals surface area contributed by atoms with Crippen LogP contribution in [0.5, 0.6) is 0 Å². The first-order valence-corrected chi connectivity index (χ1v) is 5.67. The van der Waals surface area contributed by atoms with Gasteiger partial charge in [-0.15, -0.1) is 0 Å². The van der Waals surface area contributed by atoms with Gasteiger partial charge < -0.3 is 15.2 Å². The van der Waals surface area contributed by atoms with E-state index >= 15 is 0 Å². The minimum absolute atomic E-state index is 0.0433. The van der Waals surface area contributed by atoms with Crippen molar-refractivity contribution in [3.8, 4) is 0 Å². The molecule has 2 fully saturated rings. The third-order valence-electron chi connectivity index (χ3n) is 3.94. The fourth-order valence-electron chi connectivity index (χ4n) is 2.91. The molecule has 14 heavy (non-hydrogen) atoms. The Hall–Kier alpha value is -0.120. The number of rotatable bonds is 3. The second-order valence-electron chi connectivity index (χ2n) is 4.63. The van der Waals surface area contributed by atoms with Crippen LogP contribution in [0.3, 0.4) is 0 Å². The Morgan fingerprint density at radius 1 is 1.43 bits per heavy atom. The first-order chi connectivity index (χ1) is 6.78. The maximum Gasteiger partial charge on any atom is 0.0832 e. The van der Waals surface area contributed by atoms with E-state index in [-0.39, 0.29) is 11.6 Å². The van der Waals surface area contributed by atoms with E-state index in [0.717, 1.165) is 32.5 Å². The molecule has 3 nitrogen and oxygen atoms in total. The molecule has 0 spiro atoms. The fraction of sp³-hybridized carbons (Fsp3) is 1.00. The van der Waals surface area contributed by atoms with Gasteiger partial charge in [0.25, 0.3) is 0 Å². The van der Waals surface area contributed by atoms with E-state index in [9.17, 15) is 0 Å². The molecule has 2 atom stereocenters. The lowest BCUT2D eigenvalue weighted by Gasteiger charge is -2.36. The van der Waals surface area contributed by atoms with Gasteiger partial charge in [-0.3, -0.25) is 0 Å². The average molecular weight is 199 g/mol. The molecule has 1 aliphatic carbocycles. The number of methoxy groups -OCH3 is 1. The summed E-state index contributed by atoms with van der Waals surface area (Å²) in [5.41, 5.74) is 6.28. The van der Waals surface area contributed by atoms with Crippen molar-refractivity contribution in [3.05, 3.63) is 0 Å². The number of hydrogen-bond acceptors (Lipinski definition) is 3. The summed E-state index contributed by atoms with van der Waals surface area (Å²) in [4.78, 5) is 0. The van der Waals surface area contributed by atoms with Gasteiger partial charge in [0, 0.05) is 25.7 Å². The smallest absolute Gasteiger partial charge is 0.0832 e. The largest absolute Gasteiger partial charge is 0.381 e. The van der Waals surface area contributed by atoms with E-state index in [1.54, 1.807) is 7.11 Å². The van der Waals surface area contributed by atoms with Gasteiger partial charge in [0.1, 0.15) is 0 Å². The number of nitrogens with two attached hydrogens (primary N) is 1. The zero-order chi connectivity index (χ0) is 10.0. The molecule has 1 saturated carbocycles. The second kappa shape index (κ2) is 4.17. The molecule has 2 unspecified atom stereocenters. The Labute approximate surface area is 85.9 Å². The molecule has 2 rings (SSSR count). The second-order valence-corrected chi connectivity index (χ2v) is 4.63. The topological polar surface area (TPSA) is 44.5 Å². The lowest BCUT2D eigenvalue weighted by atomic mass is 9.83. The van der Waals surface area contributed by atoms with Crippen LogP contribution in [0.1, 0.15) is 32.1 Å². The van der Waals surface area contributed by atoms with Gasteiger partial charge in [-0.1, -0.05) is 12.8 Å². The zero-order valence-corrected chi connectivity index (χ0v) is 9.00. The van der Waals surface area contributed by atoms with Crippen LogP contribution in [0.15, 0.2) is 0 Å². The van der Waals surface area contributed by atoms with Crippen LogP contribution in [0.25, 0.3) is 0 Å². The SMILES string of the molecule is COC1(C(N)C2CCOC2)CCCC1. The molecule has 2 N–H and O–H groups in total. The third kappa shape index (κ3) is 1.69. The number of ether oxygens (including phenoxy) is 2. The molecular formula is C11H21NO2. The van der Waals surface area contributed by atoms with Crippen molar-refractivity contribution in [2.24, 2.45) is 11.7 Å². The first kappa shape index (κ1) is 10.4. The minimum Gasteiger partial charge on any atom is -0.381 e. The van der Waals surface area contributed by atoms with Gasteiger partial charge in [0.2, 0.25) is 0 Å². The summed E-state index contributed by atoms with van der Waals surface area (Å²) in [5.74, 6) is 0.507. The quantitative estimate of drug-likeness (QED) is 0.745. The van der Waals surface area contributed by atoms with E-state index in [1.165, 1.54) is 12.8 Å². The van der Waals surface area contributed by atoms with E-state index in [0.29, 0.717) is 5.92 Å². The summed E-state index contributed by atoms with van der Waals surface area (Å²) in [6.45, 7) is 1.70. The van der Waals surface area contributed by atoms with Crippen LogP contribution in [0.4, 0.5) is 0 Å². The maximum atomic E-state index is 6.32. The Morgan fingerprint density at radius 2 is 2.14 bits per heavy atom. The van der Waals surface area contributed by atoms with Crippen LogP contribution in [0.2, 0.25) is 0 Å². The normalized spacial score (nSPS) is 33.4. The lowest BCUT2D eigenvalue weighted by molar-refractivity contribution is -0.0411. The highest BCUT2D eigenvalue weighted by molar-refractivity contribution is 4.98. The standard InChI is InChI=1S/C11H21NO2/c1-13-11(5-2-3-6-11)10(12)9-4-7-14-8-9/h9-10H,2-8,12H2,1H3.